The minimum atomic E-state index is 0.856. The van der Waals surface area contributed by atoms with E-state index in [0.717, 1.165) is 5.25 Å². The first-order valence-electron chi connectivity index (χ1n) is 4.45. The molecule has 1 aromatic rings. The number of nitrogens with zero attached hydrogens (tertiary/aromatic N) is 1. The zero-order valence-electron chi connectivity index (χ0n) is 7.07. The van der Waals surface area contributed by atoms with Crippen LogP contribution in [0.15, 0.2) is 24.5 Å². The van der Waals surface area contributed by atoms with Gasteiger partial charge in [-0.15, -0.1) is 0 Å². The van der Waals surface area contributed by atoms with Gasteiger partial charge >= 0.3 is 0 Å². The minimum Gasteiger partial charge on any atom is -0.264 e. The third-order valence-corrected chi connectivity index (χ3v) is 3.61. The van der Waals surface area contributed by atoms with E-state index in [2.05, 4.69) is 22.8 Å². The largest absolute Gasteiger partial charge is 0.264 e. The van der Waals surface area contributed by atoms with E-state index in [1.165, 1.54) is 30.6 Å². The SMILES string of the molecule is c1cncc(CC2CCCS2)c1. The van der Waals surface area contributed by atoms with E-state index >= 15 is 0 Å². The Morgan fingerprint density at radius 1 is 1.58 bits per heavy atom. The molecule has 0 bridgehead atoms. The second kappa shape index (κ2) is 3.94. The van der Waals surface area contributed by atoms with Crippen molar-refractivity contribution >= 4 is 11.8 Å². The Morgan fingerprint density at radius 2 is 2.58 bits per heavy atom. The molecule has 0 spiro atoms. The second-order valence-corrected chi connectivity index (χ2v) is 4.61. The van der Waals surface area contributed by atoms with Gasteiger partial charge in [0, 0.05) is 17.6 Å². The zero-order valence-corrected chi connectivity index (χ0v) is 7.89. The van der Waals surface area contributed by atoms with Gasteiger partial charge in [-0.25, -0.2) is 0 Å². The van der Waals surface area contributed by atoms with Crippen molar-refractivity contribution in [3.8, 4) is 0 Å². The summed E-state index contributed by atoms with van der Waals surface area (Å²) >= 11 is 2.11. The van der Waals surface area contributed by atoms with Gasteiger partial charge in [-0.05, 0) is 36.6 Å². The van der Waals surface area contributed by atoms with E-state index < -0.39 is 0 Å². The number of pyridine rings is 1. The molecule has 1 saturated heterocycles. The Kier molecular flexibility index (Phi) is 2.67. The van der Waals surface area contributed by atoms with Crippen LogP contribution in [-0.2, 0) is 6.42 Å². The maximum absolute atomic E-state index is 4.12. The summed E-state index contributed by atoms with van der Waals surface area (Å²) in [5.74, 6) is 1.35. The Morgan fingerprint density at radius 3 is 3.25 bits per heavy atom. The molecule has 1 nitrogen and oxygen atoms in total. The molecule has 0 N–H and O–H groups in total. The second-order valence-electron chi connectivity index (χ2n) is 3.20. The van der Waals surface area contributed by atoms with Gasteiger partial charge in [0.15, 0.2) is 0 Å². The van der Waals surface area contributed by atoms with Crippen molar-refractivity contribution in [2.24, 2.45) is 0 Å². The van der Waals surface area contributed by atoms with E-state index in [9.17, 15) is 0 Å². The average molecular weight is 179 g/mol. The lowest BCUT2D eigenvalue weighted by Crippen LogP contribution is -2.01. The highest BCUT2D eigenvalue weighted by molar-refractivity contribution is 8.00. The zero-order chi connectivity index (χ0) is 8.23. The van der Waals surface area contributed by atoms with Gasteiger partial charge in [-0.2, -0.15) is 11.8 Å². The topological polar surface area (TPSA) is 12.9 Å². The van der Waals surface area contributed by atoms with Crippen LogP contribution < -0.4 is 0 Å². The van der Waals surface area contributed by atoms with Gasteiger partial charge in [-0.1, -0.05) is 6.07 Å². The predicted molar refractivity (Wildman–Crippen MR) is 53.4 cm³/mol. The Balaban J connectivity index is 1.94. The minimum absolute atomic E-state index is 0.856. The molecule has 0 saturated carbocycles. The van der Waals surface area contributed by atoms with Crippen molar-refractivity contribution in [1.82, 2.24) is 4.98 Å². The number of thioether (sulfide) groups is 1. The molecule has 2 heterocycles. The van der Waals surface area contributed by atoms with Crippen LogP contribution in [0, 0.1) is 0 Å². The Hall–Kier alpha value is -0.500. The fourth-order valence-electron chi connectivity index (χ4n) is 1.59. The fourth-order valence-corrected chi connectivity index (χ4v) is 2.90. The first-order chi connectivity index (χ1) is 5.95. The smallest absolute Gasteiger partial charge is 0.0300 e. The number of rotatable bonds is 2. The summed E-state index contributed by atoms with van der Waals surface area (Å²) < 4.78 is 0. The third-order valence-electron chi connectivity index (χ3n) is 2.21. The van der Waals surface area contributed by atoms with Gasteiger partial charge < -0.3 is 0 Å². The number of aromatic nitrogens is 1. The summed E-state index contributed by atoms with van der Waals surface area (Å²) in [6, 6.07) is 4.20. The fraction of sp³-hybridized carbons (Fsp3) is 0.500. The summed E-state index contributed by atoms with van der Waals surface area (Å²) in [6.07, 6.45) is 7.82. The third kappa shape index (κ3) is 2.01. The molecule has 0 amide bonds. The van der Waals surface area contributed by atoms with E-state index in [4.69, 9.17) is 0 Å². The monoisotopic (exact) mass is 179 g/mol. The van der Waals surface area contributed by atoms with Crippen LogP contribution in [0.3, 0.4) is 0 Å². The molecule has 1 aliphatic rings. The lowest BCUT2D eigenvalue weighted by Gasteiger charge is -2.06. The van der Waals surface area contributed by atoms with Crippen LogP contribution in [0.2, 0.25) is 0 Å². The van der Waals surface area contributed by atoms with Crippen LogP contribution in [0.5, 0.6) is 0 Å². The standard InChI is InChI=1S/C10H13NS/c1-3-9(8-11-5-1)7-10-4-2-6-12-10/h1,3,5,8,10H,2,4,6-7H2. The highest BCUT2D eigenvalue weighted by Gasteiger charge is 2.15. The molecule has 1 unspecified atom stereocenters. The molecule has 1 fully saturated rings. The Bertz CT molecular complexity index is 229. The summed E-state index contributed by atoms with van der Waals surface area (Å²) in [6.45, 7) is 0. The van der Waals surface area contributed by atoms with Crippen LogP contribution in [0.25, 0.3) is 0 Å². The molecule has 64 valence electrons. The first kappa shape index (κ1) is 8.11. The van der Waals surface area contributed by atoms with Crippen molar-refractivity contribution in [1.29, 1.82) is 0 Å². The van der Waals surface area contributed by atoms with Crippen molar-refractivity contribution in [2.45, 2.75) is 24.5 Å². The lowest BCUT2D eigenvalue weighted by atomic mass is 10.1. The van der Waals surface area contributed by atoms with Gasteiger partial charge in [0.1, 0.15) is 0 Å². The van der Waals surface area contributed by atoms with E-state index in [-0.39, 0.29) is 0 Å². The maximum atomic E-state index is 4.12. The molecule has 1 aromatic heterocycles. The highest BCUT2D eigenvalue weighted by atomic mass is 32.2. The van der Waals surface area contributed by atoms with Crippen molar-refractivity contribution in [2.75, 3.05) is 5.75 Å². The van der Waals surface area contributed by atoms with E-state index in [0.29, 0.717) is 0 Å². The van der Waals surface area contributed by atoms with E-state index in [1.807, 2.05) is 18.5 Å². The summed E-state index contributed by atoms with van der Waals surface area (Å²) in [5.41, 5.74) is 1.39. The molecule has 1 atom stereocenters. The van der Waals surface area contributed by atoms with Crippen LogP contribution in [0.4, 0.5) is 0 Å². The molecule has 0 aliphatic carbocycles. The first-order valence-corrected chi connectivity index (χ1v) is 5.50. The molecular formula is C10H13NS. The predicted octanol–water partition coefficient (Wildman–Crippen LogP) is 2.52. The van der Waals surface area contributed by atoms with Crippen LogP contribution >= 0.6 is 11.8 Å². The van der Waals surface area contributed by atoms with Crippen molar-refractivity contribution in [3.63, 3.8) is 0 Å². The molecule has 12 heavy (non-hydrogen) atoms. The molecule has 2 rings (SSSR count). The molecule has 0 radical (unpaired) electrons. The van der Waals surface area contributed by atoms with Gasteiger partial charge in [0.05, 0.1) is 0 Å². The molecule has 0 aromatic carbocycles. The normalized spacial score (nSPS) is 22.8. The lowest BCUT2D eigenvalue weighted by molar-refractivity contribution is 0.775. The number of hydrogen-bond donors (Lipinski definition) is 0. The summed E-state index contributed by atoms with van der Waals surface area (Å²) in [7, 11) is 0. The summed E-state index contributed by atoms with van der Waals surface area (Å²) in [4.78, 5) is 4.12. The average Bonchev–Trinajstić information content (AvgIpc) is 2.59. The van der Waals surface area contributed by atoms with Gasteiger partial charge in [0.25, 0.3) is 0 Å². The number of hydrogen-bond acceptors (Lipinski definition) is 2. The van der Waals surface area contributed by atoms with Crippen LogP contribution in [0.1, 0.15) is 18.4 Å². The summed E-state index contributed by atoms with van der Waals surface area (Å²) in [5, 5.41) is 0.856. The molecule has 2 heteroatoms. The quantitative estimate of drug-likeness (QED) is 0.692. The van der Waals surface area contributed by atoms with Crippen molar-refractivity contribution in [3.05, 3.63) is 30.1 Å². The van der Waals surface area contributed by atoms with Crippen molar-refractivity contribution < 1.29 is 0 Å². The molecule has 1 aliphatic heterocycles. The van der Waals surface area contributed by atoms with Gasteiger partial charge in [0.2, 0.25) is 0 Å². The Labute approximate surface area is 77.6 Å². The van der Waals surface area contributed by atoms with Gasteiger partial charge in [-0.3, -0.25) is 4.98 Å². The van der Waals surface area contributed by atoms with E-state index in [1.54, 1.807) is 0 Å². The highest BCUT2D eigenvalue weighted by Crippen LogP contribution is 2.28. The van der Waals surface area contributed by atoms with Crippen LogP contribution in [-0.4, -0.2) is 16.0 Å². The maximum Gasteiger partial charge on any atom is 0.0300 e. The molecular weight excluding hydrogens is 166 g/mol.